The molecule has 18 heavy (non-hydrogen) atoms. The highest BCUT2D eigenvalue weighted by atomic mass is 32.2. The topological polar surface area (TPSA) is 26.7 Å². The van der Waals surface area contributed by atoms with Gasteiger partial charge < -0.3 is 10.0 Å². The zero-order valence-electron chi connectivity index (χ0n) is 11.5. The van der Waals surface area contributed by atoms with Gasteiger partial charge in [0.05, 0.1) is 6.61 Å². The van der Waals surface area contributed by atoms with E-state index in [9.17, 15) is 5.11 Å². The van der Waals surface area contributed by atoms with Gasteiger partial charge in [0.2, 0.25) is 0 Å². The molecule has 2 fully saturated rings. The molecule has 0 radical (unpaired) electrons. The van der Waals surface area contributed by atoms with Crippen LogP contribution in [0.4, 0.5) is 0 Å². The van der Waals surface area contributed by atoms with Crippen molar-refractivity contribution >= 4 is 11.8 Å². The first-order valence-electron chi connectivity index (χ1n) is 7.55. The van der Waals surface area contributed by atoms with E-state index in [1.807, 2.05) is 0 Å². The molecule has 1 aliphatic heterocycles. The molecule has 4 heteroatoms. The van der Waals surface area contributed by atoms with Crippen molar-refractivity contribution in [2.75, 3.05) is 50.8 Å². The van der Waals surface area contributed by atoms with E-state index in [1.54, 1.807) is 0 Å². The van der Waals surface area contributed by atoms with Crippen LogP contribution in [0.25, 0.3) is 0 Å². The second kappa shape index (κ2) is 8.41. The molecule has 0 amide bonds. The first-order valence-corrected chi connectivity index (χ1v) is 8.70. The van der Waals surface area contributed by atoms with E-state index in [0.717, 1.165) is 19.1 Å². The molecule has 1 heterocycles. The Morgan fingerprint density at radius 1 is 1.06 bits per heavy atom. The Labute approximate surface area is 116 Å². The van der Waals surface area contributed by atoms with Crippen molar-refractivity contribution in [2.45, 2.75) is 38.1 Å². The van der Waals surface area contributed by atoms with Gasteiger partial charge in [-0.25, -0.2) is 0 Å². The number of rotatable bonds is 6. The summed E-state index contributed by atoms with van der Waals surface area (Å²) in [4.78, 5) is 5.13. The van der Waals surface area contributed by atoms with Crippen LogP contribution in [0, 0.1) is 0 Å². The largest absolute Gasteiger partial charge is 0.395 e. The maximum absolute atomic E-state index is 9.25. The maximum atomic E-state index is 9.25. The predicted molar refractivity (Wildman–Crippen MR) is 79.3 cm³/mol. The molecule has 2 rings (SSSR count). The van der Waals surface area contributed by atoms with Crippen molar-refractivity contribution in [1.29, 1.82) is 0 Å². The van der Waals surface area contributed by atoms with Crippen molar-refractivity contribution < 1.29 is 5.11 Å². The first kappa shape index (κ1) is 14.6. The molecule has 0 aromatic rings. The van der Waals surface area contributed by atoms with Crippen LogP contribution in [0.2, 0.25) is 0 Å². The van der Waals surface area contributed by atoms with E-state index >= 15 is 0 Å². The Bertz CT molecular complexity index is 216. The summed E-state index contributed by atoms with van der Waals surface area (Å²) < 4.78 is 0. The number of hydrogen-bond acceptors (Lipinski definition) is 4. The highest BCUT2D eigenvalue weighted by Gasteiger charge is 2.21. The normalized spacial score (nSPS) is 23.7. The van der Waals surface area contributed by atoms with Gasteiger partial charge in [-0.1, -0.05) is 19.3 Å². The van der Waals surface area contributed by atoms with Crippen molar-refractivity contribution in [3.8, 4) is 0 Å². The Morgan fingerprint density at radius 3 is 2.44 bits per heavy atom. The van der Waals surface area contributed by atoms with Crippen LogP contribution in [0.15, 0.2) is 0 Å². The fraction of sp³-hybridized carbons (Fsp3) is 1.00. The maximum Gasteiger partial charge on any atom is 0.0558 e. The van der Waals surface area contributed by atoms with E-state index in [4.69, 9.17) is 0 Å². The highest BCUT2D eigenvalue weighted by Crippen LogP contribution is 2.22. The summed E-state index contributed by atoms with van der Waals surface area (Å²) in [5.74, 6) is 2.59. The Morgan fingerprint density at radius 2 is 1.78 bits per heavy atom. The molecule has 3 nitrogen and oxygen atoms in total. The van der Waals surface area contributed by atoms with Gasteiger partial charge in [0.25, 0.3) is 0 Å². The van der Waals surface area contributed by atoms with E-state index in [2.05, 4.69) is 21.6 Å². The number of nitrogens with zero attached hydrogens (tertiary/aromatic N) is 2. The van der Waals surface area contributed by atoms with Gasteiger partial charge in [0, 0.05) is 50.3 Å². The smallest absolute Gasteiger partial charge is 0.0558 e. The molecule has 0 bridgehead atoms. The standard InChI is InChI=1S/C14H28N2OS/c17-11-8-16(14-4-2-1-3-5-14)7-6-15-9-12-18-13-10-15/h14,17H,1-13H2. The number of aliphatic hydroxyl groups excluding tert-OH is 1. The van der Waals surface area contributed by atoms with Crippen LogP contribution in [-0.2, 0) is 0 Å². The van der Waals surface area contributed by atoms with Crippen LogP contribution < -0.4 is 0 Å². The van der Waals surface area contributed by atoms with Crippen LogP contribution in [0.5, 0.6) is 0 Å². The first-order chi connectivity index (χ1) is 8.90. The monoisotopic (exact) mass is 272 g/mol. The molecule has 0 aromatic heterocycles. The van der Waals surface area contributed by atoms with Gasteiger partial charge in [0.15, 0.2) is 0 Å². The summed E-state index contributed by atoms with van der Waals surface area (Å²) >= 11 is 2.08. The van der Waals surface area contributed by atoms with Crippen LogP contribution >= 0.6 is 11.8 Å². The number of aliphatic hydroxyl groups is 1. The van der Waals surface area contributed by atoms with Crippen molar-refractivity contribution in [2.24, 2.45) is 0 Å². The Hall–Kier alpha value is 0.230. The predicted octanol–water partition coefficient (Wildman–Crippen LogP) is 1.66. The minimum absolute atomic E-state index is 0.312. The number of hydrogen-bond donors (Lipinski definition) is 1. The Balaban J connectivity index is 1.73. The summed E-state index contributed by atoms with van der Waals surface area (Å²) in [7, 11) is 0. The molecule has 1 saturated heterocycles. The lowest BCUT2D eigenvalue weighted by molar-refractivity contribution is 0.110. The van der Waals surface area contributed by atoms with Gasteiger partial charge >= 0.3 is 0 Å². The van der Waals surface area contributed by atoms with Gasteiger partial charge in [-0.2, -0.15) is 11.8 Å². The summed E-state index contributed by atoms with van der Waals surface area (Å²) in [5.41, 5.74) is 0. The lowest BCUT2D eigenvalue weighted by Gasteiger charge is -2.36. The van der Waals surface area contributed by atoms with Crippen molar-refractivity contribution in [3.05, 3.63) is 0 Å². The summed E-state index contributed by atoms with van der Waals surface area (Å²) in [6.07, 6.45) is 6.86. The van der Waals surface area contributed by atoms with Gasteiger partial charge in [-0.15, -0.1) is 0 Å². The van der Waals surface area contributed by atoms with E-state index in [1.165, 1.54) is 63.2 Å². The average molecular weight is 272 g/mol. The zero-order valence-corrected chi connectivity index (χ0v) is 12.3. The quantitative estimate of drug-likeness (QED) is 0.795. The molecule has 0 unspecified atom stereocenters. The lowest BCUT2D eigenvalue weighted by atomic mass is 9.94. The fourth-order valence-corrected chi connectivity index (χ4v) is 4.12. The summed E-state index contributed by atoms with van der Waals surface area (Å²) in [6, 6.07) is 0.741. The molecular formula is C14H28N2OS. The molecule has 0 spiro atoms. The molecular weight excluding hydrogens is 244 g/mol. The minimum Gasteiger partial charge on any atom is -0.395 e. The third kappa shape index (κ3) is 4.72. The van der Waals surface area contributed by atoms with Gasteiger partial charge in [-0.3, -0.25) is 4.90 Å². The van der Waals surface area contributed by atoms with Crippen molar-refractivity contribution in [1.82, 2.24) is 9.80 Å². The van der Waals surface area contributed by atoms with Gasteiger partial charge in [-0.05, 0) is 12.8 Å². The number of thioether (sulfide) groups is 1. The molecule has 1 saturated carbocycles. The molecule has 0 atom stereocenters. The second-order valence-corrected chi connectivity index (χ2v) is 6.73. The highest BCUT2D eigenvalue weighted by molar-refractivity contribution is 7.99. The molecule has 1 aliphatic carbocycles. The van der Waals surface area contributed by atoms with Crippen LogP contribution in [0.1, 0.15) is 32.1 Å². The molecule has 106 valence electrons. The minimum atomic E-state index is 0.312. The molecule has 0 aromatic carbocycles. The SMILES string of the molecule is OCCN(CCN1CCSCC1)C1CCCCC1. The van der Waals surface area contributed by atoms with Crippen molar-refractivity contribution in [3.63, 3.8) is 0 Å². The zero-order chi connectivity index (χ0) is 12.6. The molecule has 2 aliphatic rings. The molecule has 1 N–H and O–H groups in total. The lowest BCUT2D eigenvalue weighted by Crippen LogP contribution is -2.45. The summed E-state index contributed by atoms with van der Waals surface area (Å²) in [5, 5.41) is 9.25. The third-order valence-electron chi connectivity index (χ3n) is 4.29. The van der Waals surface area contributed by atoms with E-state index in [0.29, 0.717) is 6.61 Å². The van der Waals surface area contributed by atoms with E-state index in [-0.39, 0.29) is 0 Å². The van der Waals surface area contributed by atoms with Gasteiger partial charge in [0.1, 0.15) is 0 Å². The van der Waals surface area contributed by atoms with Crippen LogP contribution in [0.3, 0.4) is 0 Å². The second-order valence-electron chi connectivity index (χ2n) is 5.51. The van der Waals surface area contributed by atoms with E-state index < -0.39 is 0 Å². The third-order valence-corrected chi connectivity index (χ3v) is 5.23. The summed E-state index contributed by atoms with van der Waals surface area (Å²) in [6.45, 7) is 6.02. The average Bonchev–Trinajstić information content (AvgIpc) is 2.45. The van der Waals surface area contributed by atoms with Crippen LogP contribution in [-0.4, -0.2) is 71.8 Å². The Kier molecular flexibility index (Phi) is 6.84. The fourth-order valence-electron chi connectivity index (χ4n) is 3.15.